The van der Waals surface area contributed by atoms with Gasteiger partial charge in [0.2, 0.25) is 0 Å². The van der Waals surface area contributed by atoms with Crippen LogP contribution in [0.25, 0.3) is 0 Å². The summed E-state index contributed by atoms with van der Waals surface area (Å²) in [6.45, 7) is 2.32. The van der Waals surface area contributed by atoms with E-state index >= 15 is 0 Å². The third-order valence-corrected chi connectivity index (χ3v) is 5.01. The SMILES string of the molecule is CCCC1CCC(NC2CC2c2ccccc2)CC1. The number of nitrogens with one attached hydrogen (secondary N) is 1. The molecule has 1 heteroatoms. The van der Waals surface area contributed by atoms with Gasteiger partial charge in [-0.05, 0) is 43.6 Å². The second-order valence-corrected chi connectivity index (χ2v) is 6.53. The van der Waals surface area contributed by atoms with Crippen LogP contribution >= 0.6 is 0 Å². The molecule has 1 N–H and O–H groups in total. The monoisotopic (exact) mass is 257 g/mol. The molecule has 2 aliphatic carbocycles. The molecule has 0 heterocycles. The van der Waals surface area contributed by atoms with Crippen LogP contribution in [0.4, 0.5) is 0 Å². The maximum absolute atomic E-state index is 3.90. The van der Waals surface area contributed by atoms with Crippen LogP contribution in [-0.2, 0) is 0 Å². The summed E-state index contributed by atoms with van der Waals surface area (Å²) >= 11 is 0. The van der Waals surface area contributed by atoms with Crippen molar-refractivity contribution < 1.29 is 0 Å². The molecule has 0 saturated heterocycles. The first-order valence-corrected chi connectivity index (χ1v) is 8.17. The molecular weight excluding hydrogens is 230 g/mol. The van der Waals surface area contributed by atoms with Gasteiger partial charge in [0.1, 0.15) is 0 Å². The van der Waals surface area contributed by atoms with E-state index in [0.717, 1.165) is 23.9 Å². The Morgan fingerprint density at radius 2 is 1.79 bits per heavy atom. The quantitative estimate of drug-likeness (QED) is 0.819. The molecule has 1 nitrogen and oxygen atoms in total. The lowest BCUT2D eigenvalue weighted by Gasteiger charge is -2.29. The number of rotatable bonds is 5. The average Bonchev–Trinajstić information content (AvgIpc) is 3.22. The number of hydrogen-bond donors (Lipinski definition) is 1. The van der Waals surface area contributed by atoms with Crippen molar-refractivity contribution in [1.82, 2.24) is 5.32 Å². The Morgan fingerprint density at radius 1 is 1.05 bits per heavy atom. The van der Waals surface area contributed by atoms with Crippen molar-refractivity contribution >= 4 is 0 Å². The molecule has 3 rings (SSSR count). The molecule has 19 heavy (non-hydrogen) atoms. The summed E-state index contributed by atoms with van der Waals surface area (Å²) in [5.41, 5.74) is 1.53. The maximum Gasteiger partial charge on any atom is 0.0145 e. The molecule has 1 aromatic rings. The van der Waals surface area contributed by atoms with Gasteiger partial charge in [-0.3, -0.25) is 0 Å². The molecule has 2 atom stereocenters. The molecule has 1 aromatic carbocycles. The smallest absolute Gasteiger partial charge is 0.0145 e. The van der Waals surface area contributed by atoms with E-state index in [0.29, 0.717) is 0 Å². The normalized spacial score (nSPS) is 34.2. The zero-order valence-electron chi connectivity index (χ0n) is 12.1. The predicted octanol–water partition coefficient (Wildman–Crippen LogP) is 4.49. The molecule has 2 saturated carbocycles. The highest BCUT2D eigenvalue weighted by Gasteiger charge is 2.39. The maximum atomic E-state index is 3.90. The first-order valence-electron chi connectivity index (χ1n) is 8.17. The summed E-state index contributed by atoms with van der Waals surface area (Å²) in [4.78, 5) is 0. The summed E-state index contributed by atoms with van der Waals surface area (Å²) in [6, 6.07) is 12.6. The Morgan fingerprint density at radius 3 is 2.47 bits per heavy atom. The van der Waals surface area contributed by atoms with Crippen molar-refractivity contribution in [2.45, 2.75) is 69.9 Å². The first-order chi connectivity index (χ1) is 9.36. The van der Waals surface area contributed by atoms with Crippen molar-refractivity contribution in [3.63, 3.8) is 0 Å². The molecule has 0 radical (unpaired) electrons. The zero-order chi connectivity index (χ0) is 13.1. The van der Waals surface area contributed by atoms with Crippen LogP contribution in [0.5, 0.6) is 0 Å². The summed E-state index contributed by atoms with van der Waals surface area (Å²) in [5, 5.41) is 3.90. The van der Waals surface area contributed by atoms with E-state index in [9.17, 15) is 0 Å². The second kappa shape index (κ2) is 6.09. The van der Waals surface area contributed by atoms with E-state index in [1.165, 1.54) is 50.5 Å². The van der Waals surface area contributed by atoms with Gasteiger partial charge in [-0.1, -0.05) is 50.1 Å². The van der Waals surface area contributed by atoms with E-state index < -0.39 is 0 Å². The van der Waals surface area contributed by atoms with E-state index in [4.69, 9.17) is 0 Å². The highest BCUT2D eigenvalue weighted by molar-refractivity contribution is 5.27. The Labute approximate surface area is 117 Å². The Balaban J connectivity index is 1.42. The number of hydrogen-bond acceptors (Lipinski definition) is 1. The fraction of sp³-hybridized carbons (Fsp3) is 0.667. The second-order valence-electron chi connectivity index (χ2n) is 6.53. The molecule has 0 spiro atoms. The third kappa shape index (κ3) is 3.39. The van der Waals surface area contributed by atoms with Crippen LogP contribution in [0.3, 0.4) is 0 Å². The molecule has 0 bridgehead atoms. The van der Waals surface area contributed by atoms with E-state index in [2.05, 4.69) is 42.6 Å². The van der Waals surface area contributed by atoms with Gasteiger partial charge < -0.3 is 5.32 Å². The highest BCUT2D eigenvalue weighted by atomic mass is 15.0. The fourth-order valence-corrected chi connectivity index (χ4v) is 3.78. The van der Waals surface area contributed by atoms with Gasteiger partial charge in [-0.25, -0.2) is 0 Å². The lowest BCUT2D eigenvalue weighted by Crippen LogP contribution is -2.35. The molecule has 0 amide bonds. The van der Waals surface area contributed by atoms with Crippen molar-refractivity contribution in [2.24, 2.45) is 5.92 Å². The molecule has 2 unspecified atom stereocenters. The largest absolute Gasteiger partial charge is 0.311 e. The van der Waals surface area contributed by atoms with Crippen molar-refractivity contribution in [3.8, 4) is 0 Å². The van der Waals surface area contributed by atoms with Crippen LogP contribution in [0, 0.1) is 5.92 Å². The topological polar surface area (TPSA) is 12.0 Å². The molecule has 2 fully saturated rings. The zero-order valence-corrected chi connectivity index (χ0v) is 12.1. The van der Waals surface area contributed by atoms with E-state index in [1.807, 2.05) is 0 Å². The molecule has 0 aromatic heterocycles. The van der Waals surface area contributed by atoms with Crippen molar-refractivity contribution in [2.75, 3.05) is 0 Å². The van der Waals surface area contributed by atoms with Gasteiger partial charge in [0, 0.05) is 18.0 Å². The Hall–Kier alpha value is -0.820. The van der Waals surface area contributed by atoms with Crippen LogP contribution < -0.4 is 5.32 Å². The van der Waals surface area contributed by atoms with Gasteiger partial charge in [-0.2, -0.15) is 0 Å². The van der Waals surface area contributed by atoms with Crippen LogP contribution in [0.15, 0.2) is 30.3 Å². The lowest BCUT2D eigenvalue weighted by atomic mass is 9.83. The number of benzene rings is 1. The predicted molar refractivity (Wildman–Crippen MR) is 81.4 cm³/mol. The summed E-state index contributed by atoms with van der Waals surface area (Å²) < 4.78 is 0. The minimum absolute atomic E-state index is 0.759. The minimum Gasteiger partial charge on any atom is -0.311 e. The summed E-state index contributed by atoms with van der Waals surface area (Å²) in [5.74, 6) is 1.81. The minimum atomic E-state index is 0.759. The average molecular weight is 257 g/mol. The van der Waals surface area contributed by atoms with Crippen LogP contribution in [0.2, 0.25) is 0 Å². The Bertz CT molecular complexity index is 378. The molecular formula is C18H27N. The standard InChI is InChI=1S/C18H27N/c1-2-6-14-9-11-16(12-10-14)19-18-13-17(18)15-7-4-3-5-8-15/h3-5,7-8,14,16-19H,2,6,9-13H2,1H3. The van der Waals surface area contributed by atoms with Crippen molar-refractivity contribution in [1.29, 1.82) is 0 Å². The molecule has 104 valence electrons. The third-order valence-electron chi connectivity index (χ3n) is 5.01. The lowest BCUT2D eigenvalue weighted by molar-refractivity contribution is 0.276. The summed E-state index contributed by atoms with van der Waals surface area (Å²) in [6.07, 6.45) is 9.87. The molecule has 2 aliphatic rings. The fourth-order valence-electron chi connectivity index (χ4n) is 3.78. The molecule has 0 aliphatic heterocycles. The van der Waals surface area contributed by atoms with Gasteiger partial charge in [0.05, 0.1) is 0 Å². The van der Waals surface area contributed by atoms with E-state index in [1.54, 1.807) is 0 Å². The first kappa shape index (κ1) is 13.2. The van der Waals surface area contributed by atoms with Crippen LogP contribution in [0.1, 0.15) is 63.4 Å². The van der Waals surface area contributed by atoms with Crippen molar-refractivity contribution in [3.05, 3.63) is 35.9 Å². The van der Waals surface area contributed by atoms with Gasteiger partial charge >= 0.3 is 0 Å². The van der Waals surface area contributed by atoms with E-state index in [-0.39, 0.29) is 0 Å². The van der Waals surface area contributed by atoms with Crippen LogP contribution in [-0.4, -0.2) is 12.1 Å². The van der Waals surface area contributed by atoms with Gasteiger partial charge in [0.25, 0.3) is 0 Å². The summed E-state index contributed by atoms with van der Waals surface area (Å²) in [7, 11) is 0. The highest BCUT2D eigenvalue weighted by Crippen LogP contribution is 2.42. The Kier molecular flexibility index (Phi) is 4.22. The van der Waals surface area contributed by atoms with Gasteiger partial charge in [-0.15, -0.1) is 0 Å². The van der Waals surface area contributed by atoms with Gasteiger partial charge in [0.15, 0.2) is 0 Å².